The topological polar surface area (TPSA) is 92.2 Å². The fourth-order valence-electron chi connectivity index (χ4n) is 1.63. The third-order valence-corrected chi connectivity index (χ3v) is 2.80. The van der Waals surface area contributed by atoms with Crippen LogP contribution in [0.2, 0.25) is 0 Å². The van der Waals surface area contributed by atoms with Gasteiger partial charge in [0.2, 0.25) is 5.91 Å². The Morgan fingerprint density at radius 1 is 1.23 bits per heavy atom. The third-order valence-electron chi connectivity index (χ3n) is 2.80. The van der Waals surface area contributed by atoms with Crippen LogP contribution in [0.15, 0.2) is 36.5 Å². The number of rotatable bonds is 5. The van der Waals surface area contributed by atoms with Gasteiger partial charge in [-0.2, -0.15) is 9.90 Å². The molecule has 0 aliphatic heterocycles. The Bertz CT molecular complexity index is 638. The summed E-state index contributed by atoms with van der Waals surface area (Å²) in [5.74, 6) is 0.0968. The lowest BCUT2D eigenvalue weighted by atomic mass is 10.2. The number of amides is 3. The summed E-state index contributed by atoms with van der Waals surface area (Å²) < 4.78 is 0. The predicted molar refractivity (Wildman–Crippen MR) is 81.0 cm³/mol. The second-order valence-corrected chi connectivity index (χ2v) is 4.85. The Hall–Kier alpha value is -2.90. The van der Waals surface area contributed by atoms with E-state index in [-0.39, 0.29) is 18.5 Å². The minimum atomic E-state index is -0.305. The molecule has 0 unspecified atom stereocenters. The molecule has 0 atom stereocenters. The fraction of sp³-hybridized carbons (Fsp3) is 0.286. The van der Waals surface area contributed by atoms with Gasteiger partial charge in [0.05, 0.1) is 6.20 Å². The average molecular weight is 302 g/mol. The fourth-order valence-corrected chi connectivity index (χ4v) is 1.63. The van der Waals surface area contributed by atoms with Gasteiger partial charge in [-0.3, -0.25) is 10.1 Å². The maximum Gasteiger partial charge on any atom is 0.322 e. The molecular weight excluding hydrogens is 284 g/mol. The monoisotopic (exact) mass is 302 g/mol. The molecule has 1 aromatic carbocycles. The molecule has 0 radical (unpaired) electrons. The molecule has 2 aromatic rings. The van der Waals surface area contributed by atoms with E-state index in [1.54, 1.807) is 14.1 Å². The maximum atomic E-state index is 11.8. The van der Waals surface area contributed by atoms with E-state index in [0.717, 1.165) is 5.56 Å². The van der Waals surface area contributed by atoms with Crippen molar-refractivity contribution in [2.75, 3.05) is 19.4 Å². The highest BCUT2D eigenvalue weighted by Crippen LogP contribution is 2.00. The smallest absolute Gasteiger partial charge is 0.322 e. The summed E-state index contributed by atoms with van der Waals surface area (Å²) in [4.78, 5) is 25.9. The summed E-state index contributed by atoms with van der Waals surface area (Å²) in [5.41, 5.74) is 1.02. The highest BCUT2D eigenvalue weighted by molar-refractivity contribution is 5.87. The van der Waals surface area contributed by atoms with Crippen LogP contribution in [0.1, 0.15) is 5.56 Å². The molecule has 0 bridgehead atoms. The van der Waals surface area contributed by atoms with Gasteiger partial charge in [0.1, 0.15) is 6.54 Å². The van der Waals surface area contributed by atoms with Gasteiger partial charge in [-0.15, -0.1) is 5.10 Å². The summed E-state index contributed by atoms with van der Waals surface area (Å²) in [6.07, 6.45) is 1.39. The second kappa shape index (κ2) is 7.21. The molecule has 0 saturated carbocycles. The molecule has 1 aromatic heterocycles. The summed E-state index contributed by atoms with van der Waals surface area (Å²) in [6.45, 7) is 0.440. The number of hydrogen-bond donors (Lipinski definition) is 2. The number of aromatic nitrogens is 3. The summed E-state index contributed by atoms with van der Waals surface area (Å²) >= 11 is 0. The summed E-state index contributed by atoms with van der Waals surface area (Å²) in [6, 6.07) is 9.30. The van der Waals surface area contributed by atoms with Gasteiger partial charge in [-0.25, -0.2) is 4.79 Å². The lowest BCUT2D eigenvalue weighted by Crippen LogP contribution is -2.29. The van der Waals surface area contributed by atoms with Crippen LogP contribution in [0.25, 0.3) is 0 Å². The van der Waals surface area contributed by atoms with Crippen LogP contribution >= 0.6 is 0 Å². The number of carbonyl (C=O) groups excluding carboxylic acids is 2. The van der Waals surface area contributed by atoms with Crippen LogP contribution < -0.4 is 10.6 Å². The number of hydrogen-bond acceptors (Lipinski definition) is 4. The van der Waals surface area contributed by atoms with Gasteiger partial charge < -0.3 is 10.2 Å². The Morgan fingerprint density at radius 3 is 2.64 bits per heavy atom. The molecule has 2 rings (SSSR count). The van der Waals surface area contributed by atoms with Crippen molar-refractivity contribution < 1.29 is 9.59 Å². The van der Waals surface area contributed by atoms with Crippen molar-refractivity contribution >= 4 is 17.8 Å². The molecule has 116 valence electrons. The Balaban J connectivity index is 1.82. The SMILES string of the molecule is CN(C)C(=O)Nc1cnn(CC(=O)NCc2ccccc2)n1. The molecule has 1 heterocycles. The lowest BCUT2D eigenvalue weighted by Gasteiger charge is -2.09. The Kier molecular flexibility index (Phi) is 5.07. The highest BCUT2D eigenvalue weighted by atomic mass is 16.2. The molecule has 0 aliphatic carbocycles. The zero-order valence-electron chi connectivity index (χ0n) is 12.5. The standard InChI is InChI=1S/C14H18N6O2/c1-19(2)14(22)17-12-9-16-20(18-12)10-13(21)15-8-11-6-4-3-5-7-11/h3-7,9H,8,10H2,1-2H3,(H,15,21)(H,17,18,22). The predicted octanol–water partition coefficient (Wildman–Crippen LogP) is 0.688. The highest BCUT2D eigenvalue weighted by Gasteiger charge is 2.09. The molecule has 0 spiro atoms. The molecule has 22 heavy (non-hydrogen) atoms. The van der Waals surface area contributed by atoms with Crippen molar-refractivity contribution in [1.29, 1.82) is 0 Å². The number of benzene rings is 1. The van der Waals surface area contributed by atoms with Gasteiger partial charge in [-0.05, 0) is 5.56 Å². The van der Waals surface area contributed by atoms with Crippen LogP contribution in [0.3, 0.4) is 0 Å². The average Bonchev–Trinajstić information content (AvgIpc) is 2.93. The van der Waals surface area contributed by atoms with E-state index in [1.165, 1.54) is 15.9 Å². The molecule has 2 N–H and O–H groups in total. The number of carbonyl (C=O) groups is 2. The second-order valence-electron chi connectivity index (χ2n) is 4.85. The van der Waals surface area contributed by atoms with Gasteiger partial charge >= 0.3 is 6.03 Å². The van der Waals surface area contributed by atoms with Gasteiger partial charge in [0.25, 0.3) is 0 Å². The van der Waals surface area contributed by atoms with Crippen LogP contribution in [0.5, 0.6) is 0 Å². The van der Waals surface area contributed by atoms with Crippen molar-refractivity contribution in [3.05, 3.63) is 42.1 Å². The number of urea groups is 1. The Morgan fingerprint density at radius 2 is 1.95 bits per heavy atom. The van der Waals surface area contributed by atoms with Gasteiger partial charge in [-0.1, -0.05) is 30.3 Å². The summed E-state index contributed by atoms with van der Waals surface area (Å²) in [5, 5.41) is 13.3. The van der Waals surface area contributed by atoms with E-state index in [9.17, 15) is 9.59 Å². The molecule has 0 aliphatic rings. The largest absolute Gasteiger partial charge is 0.350 e. The first-order chi connectivity index (χ1) is 10.5. The number of anilines is 1. The van der Waals surface area contributed by atoms with E-state index < -0.39 is 0 Å². The molecule has 0 fully saturated rings. The van der Waals surface area contributed by atoms with Crippen molar-refractivity contribution in [3.8, 4) is 0 Å². The van der Waals surface area contributed by atoms with Crippen LogP contribution in [0.4, 0.5) is 10.6 Å². The third kappa shape index (κ3) is 4.58. The molecule has 0 saturated heterocycles. The van der Waals surface area contributed by atoms with Gasteiger partial charge in [0.15, 0.2) is 5.82 Å². The minimum Gasteiger partial charge on any atom is -0.350 e. The van der Waals surface area contributed by atoms with Crippen molar-refractivity contribution in [2.45, 2.75) is 13.1 Å². The van der Waals surface area contributed by atoms with E-state index >= 15 is 0 Å². The molecule has 8 nitrogen and oxygen atoms in total. The molecule has 3 amide bonds. The minimum absolute atomic E-state index is 0.00926. The zero-order valence-corrected chi connectivity index (χ0v) is 12.5. The van der Waals surface area contributed by atoms with E-state index in [0.29, 0.717) is 12.4 Å². The maximum absolute atomic E-state index is 11.8. The van der Waals surface area contributed by atoms with Crippen molar-refractivity contribution in [1.82, 2.24) is 25.2 Å². The normalized spacial score (nSPS) is 10.1. The Labute approximate surface area is 128 Å². The van der Waals surface area contributed by atoms with E-state index in [4.69, 9.17) is 0 Å². The van der Waals surface area contributed by atoms with Gasteiger partial charge in [0, 0.05) is 20.6 Å². The van der Waals surface area contributed by atoms with E-state index in [2.05, 4.69) is 20.8 Å². The van der Waals surface area contributed by atoms with Crippen LogP contribution in [-0.4, -0.2) is 45.9 Å². The van der Waals surface area contributed by atoms with Crippen molar-refractivity contribution in [2.24, 2.45) is 0 Å². The number of nitrogens with one attached hydrogen (secondary N) is 2. The summed E-state index contributed by atoms with van der Waals surface area (Å²) in [7, 11) is 3.24. The quantitative estimate of drug-likeness (QED) is 0.850. The van der Waals surface area contributed by atoms with E-state index in [1.807, 2.05) is 30.3 Å². The first kappa shape index (κ1) is 15.5. The first-order valence-corrected chi connectivity index (χ1v) is 6.73. The van der Waals surface area contributed by atoms with Crippen LogP contribution in [0, 0.1) is 0 Å². The zero-order chi connectivity index (χ0) is 15.9. The molecule has 8 heteroatoms. The number of nitrogens with zero attached hydrogens (tertiary/aromatic N) is 4. The van der Waals surface area contributed by atoms with Crippen LogP contribution in [-0.2, 0) is 17.9 Å². The lowest BCUT2D eigenvalue weighted by molar-refractivity contribution is -0.122. The van der Waals surface area contributed by atoms with Crippen molar-refractivity contribution in [3.63, 3.8) is 0 Å². The first-order valence-electron chi connectivity index (χ1n) is 6.73. The molecular formula is C14H18N6O2.